The SMILES string of the molecule is CCC(C)(C)C(=O)O[C@@H]1C[C@H](C)C=C2C=C[C@@H](C)[C@H](CC[C@@H]3C[C@H](O)CC(=O)O3)[C@H]21. The minimum Gasteiger partial charge on any atom is -0.462 e. The smallest absolute Gasteiger partial charge is 0.311 e. The fourth-order valence-electron chi connectivity index (χ4n) is 5.08. The molecule has 7 atom stereocenters. The summed E-state index contributed by atoms with van der Waals surface area (Å²) < 4.78 is 11.6. The van der Waals surface area contributed by atoms with E-state index in [0.29, 0.717) is 24.2 Å². The maximum Gasteiger partial charge on any atom is 0.311 e. The lowest BCUT2D eigenvalue weighted by Gasteiger charge is -2.44. The molecule has 3 rings (SSSR count). The number of rotatable bonds is 6. The summed E-state index contributed by atoms with van der Waals surface area (Å²) in [6.07, 6.45) is 9.61. The van der Waals surface area contributed by atoms with Gasteiger partial charge in [-0.05, 0) is 62.9 Å². The summed E-state index contributed by atoms with van der Waals surface area (Å²) in [6.45, 7) is 10.3. The van der Waals surface area contributed by atoms with Gasteiger partial charge in [-0.2, -0.15) is 0 Å². The highest BCUT2D eigenvalue weighted by Crippen LogP contribution is 2.45. The Morgan fingerprint density at radius 2 is 2.00 bits per heavy atom. The number of hydrogen-bond acceptors (Lipinski definition) is 5. The van der Waals surface area contributed by atoms with Gasteiger partial charge in [-0.15, -0.1) is 0 Å². The van der Waals surface area contributed by atoms with E-state index < -0.39 is 11.5 Å². The van der Waals surface area contributed by atoms with Crippen molar-refractivity contribution in [2.24, 2.45) is 29.1 Å². The van der Waals surface area contributed by atoms with E-state index >= 15 is 0 Å². The quantitative estimate of drug-likeness (QED) is 0.639. The zero-order valence-corrected chi connectivity index (χ0v) is 19.1. The summed E-state index contributed by atoms with van der Waals surface area (Å²) in [5, 5.41) is 9.92. The molecule has 1 fully saturated rings. The largest absolute Gasteiger partial charge is 0.462 e. The normalized spacial score (nSPS) is 36.5. The Balaban J connectivity index is 1.76. The van der Waals surface area contributed by atoms with Gasteiger partial charge in [0, 0.05) is 12.3 Å². The first-order valence-electron chi connectivity index (χ1n) is 11.6. The van der Waals surface area contributed by atoms with Crippen molar-refractivity contribution >= 4 is 11.9 Å². The molecule has 3 aliphatic rings. The zero-order chi connectivity index (χ0) is 22.1. The van der Waals surface area contributed by atoms with Gasteiger partial charge in [0.15, 0.2) is 0 Å². The standard InChI is InChI=1S/C25H38O5/c1-6-25(4,5)24(28)30-21-12-15(2)11-17-8-7-16(3)20(23(17)21)10-9-19-13-18(26)14-22(27)29-19/h7-8,11,15-16,18-21,23,26H,6,9-10,12-14H2,1-5H3/t15-,16-,18+,19-,20+,21-,23+/m1/s1. The molecule has 168 valence electrons. The van der Waals surface area contributed by atoms with Crippen molar-refractivity contribution in [3.8, 4) is 0 Å². The molecule has 0 radical (unpaired) electrons. The highest BCUT2D eigenvalue weighted by atomic mass is 16.6. The van der Waals surface area contributed by atoms with Crippen LogP contribution in [0.2, 0.25) is 0 Å². The number of esters is 2. The molecule has 1 heterocycles. The van der Waals surface area contributed by atoms with Gasteiger partial charge >= 0.3 is 11.9 Å². The summed E-state index contributed by atoms with van der Waals surface area (Å²) in [6, 6.07) is 0. The number of cyclic esters (lactones) is 1. The molecule has 5 heteroatoms. The van der Waals surface area contributed by atoms with Crippen molar-refractivity contribution < 1.29 is 24.2 Å². The Morgan fingerprint density at radius 3 is 2.67 bits per heavy atom. The summed E-state index contributed by atoms with van der Waals surface area (Å²) in [7, 11) is 0. The van der Waals surface area contributed by atoms with Crippen LogP contribution in [0, 0.1) is 29.1 Å². The molecule has 0 aromatic rings. The van der Waals surface area contributed by atoms with Crippen LogP contribution in [-0.4, -0.2) is 35.4 Å². The second-order valence-electron chi connectivity index (χ2n) is 10.3. The predicted molar refractivity (Wildman–Crippen MR) is 115 cm³/mol. The van der Waals surface area contributed by atoms with Crippen molar-refractivity contribution in [3.63, 3.8) is 0 Å². The van der Waals surface area contributed by atoms with Crippen molar-refractivity contribution in [3.05, 3.63) is 23.8 Å². The first kappa shape index (κ1) is 23.1. The number of hydrogen-bond donors (Lipinski definition) is 1. The van der Waals surface area contributed by atoms with Crippen LogP contribution >= 0.6 is 0 Å². The van der Waals surface area contributed by atoms with E-state index in [1.165, 1.54) is 5.57 Å². The molecule has 0 unspecified atom stereocenters. The van der Waals surface area contributed by atoms with E-state index in [4.69, 9.17) is 9.47 Å². The average molecular weight is 419 g/mol. The Kier molecular flexibility index (Phi) is 7.11. The fourth-order valence-corrected chi connectivity index (χ4v) is 5.08. The molecular formula is C25H38O5. The van der Waals surface area contributed by atoms with E-state index in [1.54, 1.807) is 0 Å². The van der Waals surface area contributed by atoms with Gasteiger partial charge in [0.05, 0.1) is 17.9 Å². The van der Waals surface area contributed by atoms with Gasteiger partial charge in [0.2, 0.25) is 0 Å². The number of fused-ring (bicyclic) bond motifs is 1. The molecule has 0 amide bonds. The van der Waals surface area contributed by atoms with Crippen LogP contribution in [0.5, 0.6) is 0 Å². The van der Waals surface area contributed by atoms with Crippen LogP contribution < -0.4 is 0 Å². The second-order valence-corrected chi connectivity index (χ2v) is 10.3. The molecule has 1 saturated heterocycles. The molecular weight excluding hydrogens is 380 g/mol. The highest BCUT2D eigenvalue weighted by molar-refractivity contribution is 5.76. The van der Waals surface area contributed by atoms with Crippen molar-refractivity contribution in [1.82, 2.24) is 0 Å². The van der Waals surface area contributed by atoms with Crippen LogP contribution in [0.3, 0.4) is 0 Å². The first-order valence-corrected chi connectivity index (χ1v) is 11.6. The maximum absolute atomic E-state index is 12.9. The third-order valence-electron chi connectivity index (χ3n) is 7.35. The summed E-state index contributed by atoms with van der Waals surface area (Å²) in [5.41, 5.74) is 0.785. The summed E-state index contributed by atoms with van der Waals surface area (Å²) in [5.74, 6) is 0.776. The Hall–Kier alpha value is -1.62. The van der Waals surface area contributed by atoms with Crippen LogP contribution in [0.1, 0.15) is 73.1 Å². The molecule has 2 aliphatic carbocycles. The van der Waals surface area contributed by atoms with Crippen molar-refractivity contribution in [1.29, 1.82) is 0 Å². The van der Waals surface area contributed by atoms with Crippen LogP contribution in [0.25, 0.3) is 0 Å². The van der Waals surface area contributed by atoms with Gasteiger partial charge < -0.3 is 14.6 Å². The molecule has 0 spiro atoms. The Labute approximate surface area is 180 Å². The lowest BCUT2D eigenvalue weighted by molar-refractivity contribution is -0.166. The molecule has 5 nitrogen and oxygen atoms in total. The minimum absolute atomic E-state index is 0.0949. The van der Waals surface area contributed by atoms with Crippen LogP contribution in [0.4, 0.5) is 0 Å². The molecule has 0 aromatic heterocycles. The van der Waals surface area contributed by atoms with Gasteiger partial charge in [0.1, 0.15) is 12.2 Å². The molecule has 1 N–H and O–H groups in total. The average Bonchev–Trinajstić information content (AvgIpc) is 2.66. The third-order valence-corrected chi connectivity index (χ3v) is 7.35. The lowest BCUT2D eigenvalue weighted by Crippen LogP contribution is -2.43. The fraction of sp³-hybridized carbons (Fsp3) is 0.760. The summed E-state index contributed by atoms with van der Waals surface area (Å²) in [4.78, 5) is 24.6. The van der Waals surface area contributed by atoms with Crippen molar-refractivity contribution in [2.45, 2.75) is 91.5 Å². The Morgan fingerprint density at radius 1 is 1.27 bits per heavy atom. The van der Waals surface area contributed by atoms with Crippen LogP contribution in [-0.2, 0) is 19.1 Å². The van der Waals surface area contributed by atoms with E-state index in [9.17, 15) is 14.7 Å². The monoisotopic (exact) mass is 418 g/mol. The highest BCUT2D eigenvalue weighted by Gasteiger charge is 2.43. The number of ether oxygens (including phenoxy) is 2. The number of allylic oxidation sites excluding steroid dienone is 3. The first-order chi connectivity index (χ1) is 14.1. The molecule has 1 aliphatic heterocycles. The van der Waals surface area contributed by atoms with Crippen molar-refractivity contribution in [2.75, 3.05) is 0 Å². The zero-order valence-electron chi connectivity index (χ0n) is 19.1. The summed E-state index contributed by atoms with van der Waals surface area (Å²) >= 11 is 0. The number of carbonyl (C=O) groups excluding carboxylic acids is 2. The molecule has 0 bridgehead atoms. The minimum atomic E-state index is -0.601. The predicted octanol–water partition coefficient (Wildman–Crippen LogP) is 4.59. The van der Waals surface area contributed by atoms with E-state index in [0.717, 1.165) is 25.7 Å². The maximum atomic E-state index is 12.9. The van der Waals surface area contributed by atoms with Gasteiger partial charge in [-0.3, -0.25) is 9.59 Å². The number of aliphatic hydroxyl groups excluding tert-OH is 1. The van der Waals surface area contributed by atoms with E-state index in [1.807, 2.05) is 20.8 Å². The van der Waals surface area contributed by atoms with Gasteiger partial charge in [-0.1, -0.05) is 39.0 Å². The van der Waals surface area contributed by atoms with Crippen LogP contribution in [0.15, 0.2) is 23.8 Å². The number of carbonyl (C=O) groups is 2. The molecule has 0 saturated carbocycles. The van der Waals surface area contributed by atoms with E-state index in [2.05, 4.69) is 32.1 Å². The van der Waals surface area contributed by atoms with Gasteiger partial charge in [0.25, 0.3) is 0 Å². The number of aliphatic hydroxyl groups is 1. The Bertz CT molecular complexity index is 706. The van der Waals surface area contributed by atoms with E-state index in [-0.39, 0.29) is 36.5 Å². The second kappa shape index (κ2) is 9.25. The molecule has 0 aromatic carbocycles. The molecule has 30 heavy (non-hydrogen) atoms. The van der Waals surface area contributed by atoms with Gasteiger partial charge in [-0.25, -0.2) is 0 Å². The third kappa shape index (κ3) is 5.16. The lowest BCUT2D eigenvalue weighted by atomic mass is 9.65. The topological polar surface area (TPSA) is 72.8 Å².